The van der Waals surface area contributed by atoms with Crippen LogP contribution in [0.5, 0.6) is 0 Å². The van der Waals surface area contributed by atoms with E-state index in [0.717, 1.165) is 111 Å². The number of nitrogens with zero attached hydrogens (tertiary/aromatic N) is 9. The van der Waals surface area contributed by atoms with Gasteiger partial charge in [0.2, 0.25) is 11.9 Å². The maximum atomic E-state index is 12.7. The Morgan fingerprint density at radius 3 is 2.59 bits per heavy atom. The molecule has 1 unspecified atom stereocenters. The highest BCUT2D eigenvalue weighted by Gasteiger charge is 2.30. The first kappa shape index (κ1) is 26.3. The highest BCUT2D eigenvalue weighted by molar-refractivity contribution is 5.86. The zero-order valence-corrected chi connectivity index (χ0v) is 24.1. The van der Waals surface area contributed by atoms with Crippen LogP contribution in [0.25, 0.3) is 28.1 Å². The van der Waals surface area contributed by atoms with Gasteiger partial charge in [-0.1, -0.05) is 19.1 Å². The molecule has 6 heterocycles. The van der Waals surface area contributed by atoms with Gasteiger partial charge < -0.3 is 19.1 Å². The van der Waals surface area contributed by atoms with E-state index in [2.05, 4.69) is 39.0 Å². The molecule has 1 atom stereocenters. The van der Waals surface area contributed by atoms with E-state index in [1.54, 1.807) is 0 Å². The number of carbonyl (C=O) groups is 1. The van der Waals surface area contributed by atoms with Gasteiger partial charge in [-0.3, -0.25) is 14.3 Å². The number of carbonyl (C=O) groups excluding carboxylic acids is 1. The summed E-state index contributed by atoms with van der Waals surface area (Å²) in [6.07, 6.45) is 4.77. The second-order valence-corrected chi connectivity index (χ2v) is 11.6. The number of likely N-dealkylation sites (tertiary alicyclic amines) is 2. The lowest BCUT2D eigenvalue weighted by atomic mass is 10.0. The van der Waals surface area contributed by atoms with Gasteiger partial charge in [0, 0.05) is 52.6 Å². The van der Waals surface area contributed by atoms with Crippen molar-refractivity contribution < 1.29 is 9.53 Å². The summed E-state index contributed by atoms with van der Waals surface area (Å²) in [4.78, 5) is 39.8. The molecule has 7 rings (SSSR count). The molecule has 0 bridgehead atoms. The molecule has 1 amide bonds. The van der Waals surface area contributed by atoms with E-state index in [1.807, 2.05) is 23.1 Å². The summed E-state index contributed by atoms with van der Waals surface area (Å²) in [5.74, 6) is 4.13. The highest BCUT2D eigenvalue weighted by atomic mass is 16.5. The van der Waals surface area contributed by atoms with Crippen molar-refractivity contribution in [1.82, 2.24) is 38.9 Å². The quantitative estimate of drug-likeness (QED) is 0.342. The molecule has 3 aliphatic rings. The van der Waals surface area contributed by atoms with E-state index >= 15 is 0 Å². The number of hydrogen-bond donors (Lipinski definition) is 0. The van der Waals surface area contributed by atoms with Crippen molar-refractivity contribution in [2.45, 2.75) is 45.6 Å². The minimum atomic E-state index is 0.327. The fourth-order valence-electron chi connectivity index (χ4n) is 6.62. The highest BCUT2D eigenvalue weighted by Crippen LogP contribution is 2.30. The van der Waals surface area contributed by atoms with Crippen LogP contribution in [0, 0.1) is 5.92 Å². The molecule has 0 spiro atoms. The lowest BCUT2D eigenvalue weighted by Crippen LogP contribution is -2.37. The predicted octanol–water partition coefficient (Wildman–Crippen LogP) is 2.94. The number of anilines is 1. The minimum absolute atomic E-state index is 0.327. The number of para-hydroxylation sites is 2. The first-order valence-corrected chi connectivity index (χ1v) is 15.1. The Morgan fingerprint density at radius 2 is 1.78 bits per heavy atom. The lowest BCUT2D eigenvalue weighted by Gasteiger charge is -2.28. The summed E-state index contributed by atoms with van der Waals surface area (Å²) in [5.41, 5.74) is 3.60. The first-order valence-electron chi connectivity index (χ1n) is 15.1. The van der Waals surface area contributed by atoms with E-state index in [9.17, 15) is 4.79 Å². The normalized spacial score (nSPS) is 20.2. The number of rotatable bonds is 7. The number of ether oxygens (including phenoxy) is 1. The molecule has 3 aliphatic heterocycles. The van der Waals surface area contributed by atoms with Gasteiger partial charge >= 0.3 is 0 Å². The molecule has 0 N–H and O–H groups in total. The summed E-state index contributed by atoms with van der Waals surface area (Å²) in [5, 5.41) is 0. The monoisotopic (exact) mass is 557 g/mol. The van der Waals surface area contributed by atoms with Gasteiger partial charge in [-0.05, 0) is 43.9 Å². The van der Waals surface area contributed by atoms with Crippen LogP contribution in [0.1, 0.15) is 44.3 Å². The number of fused-ring (bicyclic) bond motifs is 2. The molecule has 11 nitrogen and oxygen atoms in total. The number of morpholine rings is 1. The number of amides is 1. The Labute approximate surface area is 240 Å². The number of benzene rings is 1. The van der Waals surface area contributed by atoms with Gasteiger partial charge in [-0.25, -0.2) is 9.97 Å². The third-order valence-corrected chi connectivity index (χ3v) is 8.90. The fraction of sp³-hybridized carbons (Fsp3) is 0.567. The Kier molecular flexibility index (Phi) is 7.08. The zero-order chi connectivity index (χ0) is 27.9. The van der Waals surface area contributed by atoms with Gasteiger partial charge in [0.05, 0.1) is 30.8 Å². The van der Waals surface area contributed by atoms with Gasteiger partial charge in [0.15, 0.2) is 17.0 Å². The van der Waals surface area contributed by atoms with Crippen LogP contribution in [0.15, 0.2) is 24.3 Å². The smallest absolute Gasteiger partial charge is 0.239 e. The summed E-state index contributed by atoms with van der Waals surface area (Å²) in [7, 11) is 2.06. The SMILES string of the molecule is CCc1nc2ccccc2n1-c1nc(N2CCOCC2)c2nc(CN3CCC(CC(=O)N4CCCC4)C3)n(C)c2n1. The van der Waals surface area contributed by atoms with Crippen LogP contribution in [0.4, 0.5) is 5.82 Å². The summed E-state index contributed by atoms with van der Waals surface area (Å²) in [6.45, 7) is 9.47. The fourth-order valence-corrected chi connectivity index (χ4v) is 6.62. The van der Waals surface area contributed by atoms with Crippen molar-refractivity contribution in [2.24, 2.45) is 13.0 Å². The van der Waals surface area contributed by atoms with Crippen LogP contribution < -0.4 is 4.90 Å². The Morgan fingerprint density at radius 1 is 0.976 bits per heavy atom. The van der Waals surface area contributed by atoms with Crippen molar-refractivity contribution in [3.8, 4) is 5.95 Å². The van der Waals surface area contributed by atoms with E-state index < -0.39 is 0 Å². The van der Waals surface area contributed by atoms with Crippen LogP contribution in [0.2, 0.25) is 0 Å². The van der Waals surface area contributed by atoms with E-state index in [4.69, 9.17) is 24.7 Å². The topological polar surface area (TPSA) is 97.4 Å². The van der Waals surface area contributed by atoms with Crippen molar-refractivity contribution >= 4 is 33.9 Å². The third-order valence-electron chi connectivity index (χ3n) is 8.90. The van der Waals surface area contributed by atoms with Crippen molar-refractivity contribution in [3.63, 3.8) is 0 Å². The molecule has 11 heteroatoms. The summed E-state index contributed by atoms with van der Waals surface area (Å²) in [6, 6.07) is 8.17. The number of hydrogen-bond acceptors (Lipinski definition) is 8. The maximum Gasteiger partial charge on any atom is 0.239 e. The molecule has 4 aromatic rings. The molecule has 3 saturated heterocycles. The Balaban J connectivity index is 1.21. The van der Waals surface area contributed by atoms with Gasteiger partial charge in [0.25, 0.3) is 0 Å². The second kappa shape index (κ2) is 11.0. The molecular formula is C30H39N9O2. The number of aryl methyl sites for hydroxylation is 2. The molecule has 216 valence electrons. The average Bonchev–Trinajstić information content (AvgIpc) is 3.80. The molecule has 0 saturated carbocycles. The second-order valence-electron chi connectivity index (χ2n) is 11.6. The van der Waals surface area contributed by atoms with E-state index in [0.29, 0.717) is 37.4 Å². The van der Waals surface area contributed by atoms with E-state index in [1.165, 1.54) is 0 Å². The van der Waals surface area contributed by atoms with Crippen molar-refractivity contribution in [1.29, 1.82) is 0 Å². The molecule has 3 fully saturated rings. The van der Waals surface area contributed by atoms with Crippen molar-refractivity contribution in [2.75, 3.05) is 57.4 Å². The number of aromatic nitrogens is 6. The Hall–Kier alpha value is -3.57. The van der Waals surface area contributed by atoms with E-state index in [-0.39, 0.29) is 0 Å². The molecule has 41 heavy (non-hydrogen) atoms. The van der Waals surface area contributed by atoms with Crippen molar-refractivity contribution in [3.05, 3.63) is 35.9 Å². The molecular weight excluding hydrogens is 518 g/mol. The van der Waals surface area contributed by atoms with Crippen LogP contribution in [-0.2, 0) is 29.5 Å². The molecule has 1 aromatic carbocycles. The predicted molar refractivity (Wildman–Crippen MR) is 157 cm³/mol. The van der Waals surface area contributed by atoms with Crippen LogP contribution >= 0.6 is 0 Å². The zero-order valence-electron chi connectivity index (χ0n) is 24.1. The largest absolute Gasteiger partial charge is 0.378 e. The maximum absolute atomic E-state index is 12.7. The molecule has 0 radical (unpaired) electrons. The van der Waals surface area contributed by atoms with Crippen LogP contribution in [0.3, 0.4) is 0 Å². The van der Waals surface area contributed by atoms with Gasteiger partial charge in [-0.15, -0.1) is 0 Å². The number of imidazole rings is 2. The average molecular weight is 558 g/mol. The summed E-state index contributed by atoms with van der Waals surface area (Å²) >= 11 is 0. The Bertz CT molecular complexity index is 1570. The molecule has 3 aromatic heterocycles. The van der Waals surface area contributed by atoms with Gasteiger partial charge in [-0.2, -0.15) is 9.97 Å². The standard InChI is InChI=1S/C30H39N9O2/c1-3-24-31-22-8-4-5-9-23(22)39(24)30-33-28-27(29(34-30)38-14-16-41-17-15-38)32-25(35(28)2)20-36-13-10-21(19-36)18-26(40)37-11-6-7-12-37/h4-5,8-9,21H,3,6-7,10-20H2,1-2H3. The lowest BCUT2D eigenvalue weighted by molar-refractivity contribution is -0.131. The third kappa shape index (κ3) is 4.95. The minimum Gasteiger partial charge on any atom is -0.378 e. The summed E-state index contributed by atoms with van der Waals surface area (Å²) < 4.78 is 9.87. The first-order chi connectivity index (χ1) is 20.1. The van der Waals surface area contributed by atoms with Crippen LogP contribution in [-0.4, -0.2) is 97.3 Å². The van der Waals surface area contributed by atoms with Gasteiger partial charge in [0.1, 0.15) is 11.6 Å². The molecule has 0 aliphatic carbocycles.